The summed E-state index contributed by atoms with van der Waals surface area (Å²) in [5.74, 6) is -0.524. The van der Waals surface area contributed by atoms with Gasteiger partial charge in [-0.1, -0.05) is 0 Å². The molecule has 2 rings (SSSR count). The van der Waals surface area contributed by atoms with Gasteiger partial charge in [-0.3, -0.25) is 4.79 Å². The van der Waals surface area contributed by atoms with E-state index in [0.717, 1.165) is 13.1 Å². The smallest absolute Gasteiger partial charge is 0.257 e. The van der Waals surface area contributed by atoms with Gasteiger partial charge in [-0.2, -0.15) is 0 Å². The van der Waals surface area contributed by atoms with Crippen LogP contribution < -0.4 is 5.73 Å². The van der Waals surface area contributed by atoms with Crippen LogP contribution in [0.3, 0.4) is 0 Å². The summed E-state index contributed by atoms with van der Waals surface area (Å²) in [6.07, 6.45) is 0. The van der Waals surface area contributed by atoms with Crippen LogP contribution >= 0.6 is 0 Å². The highest BCUT2D eigenvalue weighted by atomic mass is 16.3. The van der Waals surface area contributed by atoms with Gasteiger partial charge in [0.1, 0.15) is 11.5 Å². The van der Waals surface area contributed by atoms with Crippen LogP contribution in [-0.2, 0) is 0 Å². The summed E-state index contributed by atoms with van der Waals surface area (Å²) in [7, 11) is 1.99. The molecule has 6 heteroatoms. The van der Waals surface area contributed by atoms with Gasteiger partial charge in [-0.25, -0.2) is 0 Å². The second kappa shape index (κ2) is 5.46. The van der Waals surface area contributed by atoms with Crippen LogP contribution in [0.15, 0.2) is 18.2 Å². The summed E-state index contributed by atoms with van der Waals surface area (Å²) < 4.78 is 0. The van der Waals surface area contributed by atoms with Crippen molar-refractivity contribution in [2.24, 2.45) is 5.73 Å². The largest absolute Gasteiger partial charge is 0.508 e. The van der Waals surface area contributed by atoms with Gasteiger partial charge >= 0.3 is 0 Å². The molecule has 1 saturated heterocycles. The highest BCUT2D eigenvalue weighted by Crippen LogP contribution is 2.25. The Hall–Kier alpha value is -1.79. The van der Waals surface area contributed by atoms with E-state index >= 15 is 0 Å². The normalized spacial score (nSPS) is 20.5. The minimum Gasteiger partial charge on any atom is -0.508 e. The van der Waals surface area contributed by atoms with Gasteiger partial charge in [0, 0.05) is 32.2 Å². The molecule has 6 nitrogen and oxygen atoms in total. The lowest BCUT2D eigenvalue weighted by molar-refractivity contribution is 0.0513. The molecule has 1 aliphatic heterocycles. The van der Waals surface area contributed by atoms with Crippen molar-refractivity contribution in [3.8, 4) is 11.5 Å². The molecule has 1 aromatic rings. The van der Waals surface area contributed by atoms with E-state index in [-0.39, 0.29) is 29.0 Å². The molecule has 0 bridgehead atoms. The van der Waals surface area contributed by atoms with Crippen molar-refractivity contribution in [3.63, 3.8) is 0 Å². The standard InChI is InChI=1S/C13H19N3O3/c1-15-4-5-16(9(7-14)8-15)13(19)11-3-2-10(17)6-12(11)18/h2-3,6,9,17-18H,4-5,7-8,14H2,1H3. The van der Waals surface area contributed by atoms with Crippen molar-refractivity contribution in [1.82, 2.24) is 9.80 Å². The van der Waals surface area contributed by atoms with Gasteiger partial charge in [0.2, 0.25) is 0 Å². The minimum atomic E-state index is -0.249. The SMILES string of the molecule is CN1CCN(C(=O)c2ccc(O)cc2O)C(CN)C1. The van der Waals surface area contributed by atoms with Crippen LogP contribution in [0.4, 0.5) is 0 Å². The average molecular weight is 265 g/mol. The van der Waals surface area contributed by atoms with E-state index in [4.69, 9.17) is 5.73 Å². The second-order valence-corrected chi connectivity index (χ2v) is 4.85. The first kappa shape index (κ1) is 13.6. The molecule has 1 heterocycles. The van der Waals surface area contributed by atoms with Crippen molar-refractivity contribution in [3.05, 3.63) is 23.8 Å². The molecule has 1 aromatic carbocycles. The molecule has 0 radical (unpaired) electrons. The maximum atomic E-state index is 12.4. The number of phenols is 2. The average Bonchev–Trinajstić information content (AvgIpc) is 2.37. The molecule has 1 atom stereocenters. The Morgan fingerprint density at radius 3 is 2.79 bits per heavy atom. The molecule has 0 aromatic heterocycles. The van der Waals surface area contributed by atoms with Crippen LogP contribution in [-0.4, -0.2) is 65.2 Å². The number of hydrogen-bond acceptors (Lipinski definition) is 5. The zero-order valence-electron chi connectivity index (χ0n) is 10.9. The zero-order chi connectivity index (χ0) is 14.0. The molecule has 0 spiro atoms. The fourth-order valence-corrected chi connectivity index (χ4v) is 2.34. The van der Waals surface area contributed by atoms with Crippen molar-refractivity contribution < 1.29 is 15.0 Å². The summed E-state index contributed by atoms with van der Waals surface area (Å²) in [4.78, 5) is 16.2. The molecule has 1 amide bonds. The summed E-state index contributed by atoms with van der Waals surface area (Å²) >= 11 is 0. The predicted octanol–water partition coefficient (Wildman–Crippen LogP) is -0.187. The van der Waals surface area contributed by atoms with Gasteiger partial charge < -0.3 is 25.7 Å². The van der Waals surface area contributed by atoms with Gasteiger partial charge in [-0.05, 0) is 19.2 Å². The van der Waals surface area contributed by atoms with Crippen LogP contribution in [0, 0.1) is 0 Å². The van der Waals surface area contributed by atoms with Crippen LogP contribution in [0.2, 0.25) is 0 Å². The molecule has 1 fully saturated rings. The molecule has 4 N–H and O–H groups in total. The first-order chi connectivity index (χ1) is 9.02. The number of nitrogens with zero attached hydrogens (tertiary/aromatic N) is 2. The number of nitrogens with two attached hydrogens (primary N) is 1. The zero-order valence-corrected chi connectivity index (χ0v) is 10.9. The molecule has 0 aliphatic carbocycles. The summed E-state index contributed by atoms with van der Waals surface area (Å²) in [6, 6.07) is 3.93. The van der Waals surface area contributed by atoms with Crippen molar-refractivity contribution >= 4 is 5.91 Å². The third-order valence-electron chi connectivity index (χ3n) is 3.43. The van der Waals surface area contributed by atoms with E-state index < -0.39 is 0 Å². The van der Waals surface area contributed by atoms with Crippen LogP contribution in [0.1, 0.15) is 10.4 Å². The number of benzene rings is 1. The molecule has 104 valence electrons. The third kappa shape index (κ3) is 2.80. The fraction of sp³-hybridized carbons (Fsp3) is 0.462. The van der Waals surface area contributed by atoms with Crippen molar-refractivity contribution in [2.45, 2.75) is 6.04 Å². The lowest BCUT2D eigenvalue weighted by Gasteiger charge is -2.39. The highest BCUT2D eigenvalue weighted by molar-refractivity contribution is 5.97. The van der Waals surface area contributed by atoms with E-state index in [0.29, 0.717) is 13.1 Å². The number of rotatable bonds is 2. The Bertz CT molecular complexity index is 478. The van der Waals surface area contributed by atoms with Gasteiger partial charge in [0.25, 0.3) is 5.91 Å². The van der Waals surface area contributed by atoms with E-state index in [1.54, 1.807) is 4.90 Å². The number of phenolic OH excluding ortho intramolecular Hbond substituents is 2. The molecule has 1 aliphatic rings. The van der Waals surface area contributed by atoms with Crippen molar-refractivity contribution in [1.29, 1.82) is 0 Å². The summed E-state index contributed by atoms with van der Waals surface area (Å²) in [5, 5.41) is 19.0. The molecule has 1 unspecified atom stereocenters. The van der Waals surface area contributed by atoms with Crippen molar-refractivity contribution in [2.75, 3.05) is 33.2 Å². The van der Waals surface area contributed by atoms with E-state index in [1.165, 1.54) is 18.2 Å². The number of hydrogen-bond donors (Lipinski definition) is 3. The Labute approximate surface area is 112 Å². The number of carbonyl (C=O) groups excluding carboxylic acids is 1. The topological polar surface area (TPSA) is 90.0 Å². The number of likely N-dealkylation sites (N-methyl/N-ethyl adjacent to an activating group) is 1. The Morgan fingerprint density at radius 2 is 2.16 bits per heavy atom. The number of piperazine rings is 1. The monoisotopic (exact) mass is 265 g/mol. The van der Waals surface area contributed by atoms with Crippen LogP contribution in [0.5, 0.6) is 11.5 Å². The molecule has 19 heavy (non-hydrogen) atoms. The van der Waals surface area contributed by atoms with E-state index in [9.17, 15) is 15.0 Å². The van der Waals surface area contributed by atoms with Gasteiger partial charge in [0.15, 0.2) is 0 Å². The number of carbonyl (C=O) groups is 1. The first-order valence-electron chi connectivity index (χ1n) is 6.24. The molecular formula is C13H19N3O3. The minimum absolute atomic E-state index is 0.0561. The predicted molar refractivity (Wildman–Crippen MR) is 71.1 cm³/mol. The second-order valence-electron chi connectivity index (χ2n) is 4.85. The molecular weight excluding hydrogens is 246 g/mol. The third-order valence-corrected chi connectivity index (χ3v) is 3.43. The lowest BCUT2D eigenvalue weighted by Crippen LogP contribution is -2.56. The van der Waals surface area contributed by atoms with Crippen LogP contribution in [0.25, 0.3) is 0 Å². The van der Waals surface area contributed by atoms with E-state index in [2.05, 4.69) is 4.90 Å². The Kier molecular flexibility index (Phi) is 3.92. The molecule has 0 saturated carbocycles. The van der Waals surface area contributed by atoms with Gasteiger partial charge in [0.05, 0.1) is 11.6 Å². The first-order valence-corrected chi connectivity index (χ1v) is 6.24. The van der Waals surface area contributed by atoms with E-state index in [1.807, 2.05) is 7.05 Å². The van der Waals surface area contributed by atoms with Gasteiger partial charge in [-0.15, -0.1) is 0 Å². The Balaban J connectivity index is 2.22. The summed E-state index contributed by atoms with van der Waals surface area (Å²) in [6.45, 7) is 2.47. The Morgan fingerprint density at radius 1 is 1.42 bits per heavy atom. The maximum absolute atomic E-state index is 12.4. The quantitative estimate of drug-likeness (QED) is 0.690. The summed E-state index contributed by atoms with van der Waals surface area (Å²) in [5.41, 5.74) is 5.91. The maximum Gasteiger partial charge on any atom is 0.257 e. The fourth-order valence-electron chi connectivity index (χ4n) is 2.34. The number of aromatic hydroxyl groups is 2. The number of amides is 1. The highest BCUT2D eigenvalue weighted by Gasteiger charge is 2.29. The lowest BCUT2D eigenvalue weighted by atomic mass is 10.1.